The largest absolute Gasteiger partial charge is 0.320 e. The molecule has 0 saturated carbocycles. The van der Waals surface area contributed by atoms with Crippen LogP contribution in [-0.2, 0) is 0 Å². The fourth-order valence-electron chi connectivity index (χ4n) is 1.63. The van der Waals surface area contributed by atoms with E-state index in [1.807, 2.05) is 24.3 Å². The van der Waals surface area contributed by atoms with Gasteiger partial charge in [0.05, 0.1) is 6.04 Å². The second-order valence-electron chi connectivity index (χ2n) is 3.70. The first-order valence-electron chi connectivity index (χ1n) is 5.04. The summed E-state index contributed by atoms with van der Waals surface area (Å²) in [5.41, 5.74) is 7.39. The van der Waals surface area contributed by atoms with Crippen LogP contribution in [0.25, 0.3) is 0 Å². The molecule has 0 radical (unpaired) electrons. The van der Waals surface area contributed by atoms with Crippen molar-refractivity contribution in [2.45, 2.75) is 6.04 Å². The van der Waals surface area contributed by atoms with Gasteiger partial charge in [-0.1, -0.05) is 29.8 Å². The summed E-state index contributed by atoms with van der Waals surface area (Å²) >= 11 is 7.91. The van der Waals surface area contributed by atoms with E-state index in [0.29, 0.717) is 10.6 Å². The number of nitrogens with two attached hydrogens (primary N) is 1. The van der Waals surface area contributed by atoms with E-state index in [1.165, 1.54) is 6.07 Å². The number of hydrogen-bond acceptors (Lipinski definition) is 1. The Balaban J connectivity index is 2.40. The Hall–Kier alpha value is -0.650. The third-order valence-corrected chi connectivity index (χ3v) is 3.41. The summed E-state index contributed by atoms with van der Waals surface area (Å²) in [4.78, 5) is 0. The summed E-state index contributed by atoms with van der Waals surface area (Å²) in [5.74, 6) is -0.371. The molecule has 0 aromatic heterocycles. The normalized spacial score (nSPS) is 12.5. The van der Waals surface area contributed by atoms with Crippen molar-refractivity contribution in [1.29, 1.82) is 0 Å². The molecule has 0 fully saturated rings. The molecule has 0 heterocycles. The molecule has 1 unspecified atom stereocenters. The van der Waals surface area contributed by atoms with E-state index in [4.69, 9.17) is 17.3 Å². The van der Waals surface area contributed by atoms with Crippen LogP contribution in [0.5, 0.6) is 0 Å². The van der Waals surface area contributed by atoms with Crippen LogP contribution in [0.3, 0.4) is 0 Å². The fourth-order valence-corrected chi connectivity index (χ4v) is 2.36. The van der Waals surface area contributed by atoms with E-state index in [2.05, 4.69) is 22.6 Å². The summed E-state index contributed by atoms with van der Waals surface area (Å²) < 4.78 is 14.8. The van der Waals surface area contributed by atoms with Crippen molar-refractivity contribution in [1.82, 2.24) is 0 Å². The predicted octanol–water partition coefficient (Wildman–Crippen LogP) is 4.13. The molecule has 2 aromatic carbocycles. The monoisotopic (exact) mass is 361 g/mol. The minimum Gasteiger partial charge on any atom is -0.320 e. The molecule has 4 heteroatoms. The van der Waals surface area contributed by atoms with Crippen molar-refractivity contribution >= 4 is 34.2 Å². The minimum absolute atomic E-state index is 0.371. The molecule has 2 aromatic rings. The highest BCUT2D eigenvalue weighted by Crippen LogP contribution is 2.25. The maximum absolute atomic E-state index is 13.7. The molecule has 1 nitrogen and oxygen atoms in total. The van der Waals surface area contributed by atoms with Crippen LogP contribution in [0, 0.1) is 9.39 Å². The standard InChI is InChI=1S/C13H10ClFIN/c14-9-4-5-11(12(15)7-9)13(17)8-2-1-3-10(16)6-8/h1-7,13H,17H2. The van der Waals surface area contributed by atoms with Gasteiger partial charge in [-0.15, -0.1) is 0 Å². The van der Waals surface area contributed by atoms with Gasteiger partial charge < -0.3 is 5.73 Å². The average molecular weight is 362 g/mol. The highest BCUT2D eigenvalue weighted by molar-refractivity contribution is 14.1. The molecule has 0 aliphatic rings. The van der Waals surface area contributed by atoms with Crippen molar-refractivity contribution in [3.63, 3.8) is 0 Å². The number of hydrogen-bond donors (Lipinski definition) is 1. The average Bonchev–Trinajstić information content (AvgIpc) is 2.28. The Labute approximate surface area is 118 Å². The van der Waals surface area contributed by atoms with Gasteiger partial charge in [0.1, 0.15) is 5.82 Å². The van der Waals surface area contributed by atoms with Crippen molar-refractivity contribution < 1.29 is 4.39 Å². The zero-order chi connectivity index (χ0) is 12.4. The van der Waals surface area contributed by atoms with Crippen LogP contribution in [0.15, 0.2) is 42.5 Å². The van der Waals surface area contributed by atoms with Crippen LogP contribution < -0.4 is 5.73 Å². The third kappa shape index (κ3) is 2.97. The Morgan fingerprint density at radius 2 is 1.94 bits per heavy atom. The van der Waals surface area contributed by atoms with Gasteiger partial charge in [0.25, 0.3) is 0 Å². The van der Waals surface area contributed by atoms with Crippen LogP contribution in [-0.4, -0.2) is 0 Å². The molecular formula is C13H10ClFIN. The molecule has 0 aliphatic carbocycles. The van der Waals surface area contributed by atoms with E-state index in [9.17, 15) is 4.39 Å². The highest BCUT2D eigenvalue weighted by Gasteiger charge is 2.13. The Bertz CT molecular complexity index is 545. The topological polar surface area (TPSA) is 26.0 Å². The van der Waals surface area contributed by atoms with Gasteiger partial charge in [0.15, 0.2) is 0 Å². The summed E-state index contributed by atoms with van der Waals surface area (Å²) in [6, 6.07) is 11.8. The van der Waals surface area contributed by atoms with E-state index in [1.54, 1.807) is 12.1 Å². The molecule has 17 heavy (non-hydrogen) atoms. The molecular weight excluding hydrogens is 352 g/mol. The van der Waals surface area contributed by atoms with Gasteiger partial charge in [0.2, 0.25) is 0 Å². The van der Waals surface area contributed by atoms with E-state index >= 15 is 0 Å². The van der Waals surface area contributed by atoms with Crippen molar-refractivity contribution in [2.24, 2.45) is 5.73 Å². The Morgan fingerprint density at radius 1 is 1.18 bits per heavy atom. The summed E-state index contributed by atoms with van der Waals surface area (Å²) in [6.45, 7) is 0. The van der Waals surface area contributed by atoms with Crippen LogP contribution in [0.4, 0.5) is 4.39 Å². The van der Waals surface area contributed by atoms with E-state index in [-0.39, 0.29) is 5.82 Å². The first-order chi connectivity index (χ1) is 8.08. The van der Waals surface area contributed by atoms with Crippen LogP contribution >= 0.6 is 34.2 Å². The van der Waals surface area contributed by atoms with Crippen LogP contribution in [0.1, 0.15) is 17.2 Å². The maximum atomic E-state index is 13.7. The Morgan fingerprint density at radius 3 is 2.59 bits per heavy atom. The molecule has 0 bridgehead atoms. The number of halogens is 3. The molecule has 2 N–H and O–H groups in total. The van der Waals surface area contributed by atoms with E-state index < -0.39 is 6.04 Å². The molecule has 0 aliphatic heterocycles. The van der Waals surface area contributed by atoms with Gasteiger partial charge in [-0.2, -0.15) is 0 Å². The van der Waals surface area contributed by atoms with Gasteiger partial charge >= 0.3 is 0 Å². The second kappa shape index (κ2) is 5.33. The van der Waals surface area contributed by atoms with Gasteiger partial charge in [-0.05, 0) is 52.4 Å². The molecule has 2 rings (SSSR count). The first kappa shape index (κ1) is 12.8. The molecule has 1 atom stereocenters. The smallest absolute Gasteiger partial charge is 0.129 e. The maximum Gasteiger partial charge on any atom is 0.129 e. The lowest BCUT2D eigenvalue weighted by molar-refractivity contribution is 0.600. The van der Waals surface area contributed by atoms with Crippen LogP contribution in [0.2, 0.25) is 5.02 Å². The van der Waals surface area contributed by atoms with Crippen molar-refractivity contribution in [2.75, 3.05) is 0 Å². The molecule has 0 saturated heterocycles. The lowest BCUT2D eigenvalue weighted by atomic mass is 9.99. The molecule has 88 valence electrons. The zero-order valence-electron chi connectivity index (χ0n) is 8.83. The van der Waals surface area contributed by atoms with Gasteiger partial charge in [-0.25, -0.2) is 4.39 Å². The summed E-state index contributed by atoms with van der Waals surface area (Å²) in [7, 11) is 0. The zero-order valence-corrected chi connectivity index (χ0v) is 11.7. The number of rotatable bonds is 2. The van der Waals surface area contributed by atoms with E-state index in [0.717, 1.165) is 9.13 Å². The predicted molar refractivity (Wildman–Crippen MR) is 76.6 cm³/mol. The number of benzene rings is 2. The second-order valence-corrected chi connectivity index (χ2v) is 5.38. The SMILES string of the molecule is NC(c1cccc(I)c1)c1ccc(Cl)cc1F. The Kier molecular flexibility index (Phi) is 4.01. The van der Waals surface area contributed by atoms with Crippen molar-refractivity contribution in [3.05, 3.63) is 68.0 Å². The fraction of sp³-hybridized carbons (Fsp3) is 0.0769. The third-order valence-electron chi connectivity index (χ3n) is 2.51. The first-order valence-corrected chi connectivity index (χ1v) is 6.49. The minimum atomic E-state index is -0.470. The summed E-state index contributed by atoms with van der Waals surface area (Å²) in [6.07, 6.45) is 0. The van der Waals surface area contributed by atoms with Gasteiger partial charge in [0, 0.05) is 14.2 Å². The lowest BCUT2D eigenvalue weighted by Crippen LogP contribution is -2.13. The summed E-state index contributed by atoms with van der Waals surface area (Å²) in [5, 5.41) is 0.376. The van der Waals surface area contributed by atoms with Gasteiger partial charge in [-0.3, -0.25) is 0 Å². The van der Waals surface area contributed by atoms with Crippen molar-refractivity contribution in [3.8, 4) is 0 Å². The quantitative estimate of drug-likeness (QED) is 0.800. The highest BCUT2D eigenvalue weighted by atomic mass is 127. The lowest BCUT2D eigenvalue weighted by Gasteiger charge is -2.14. The molecule has 0 amide bonds. The molecule has 0 spiro atoms.